The predicted octanol–water partition coefficient (Wildman–Crippen LogP) is 3.80. The van der Waals surface area contributed by atoms with Crippen LogP contribution in [0.5, 0.6) is 0 Å². The summed E-state index contributed by atoms with van der Waals surface area (Å²) in [6, 6.07) is 11.3. The molecule has 2 N–H and O–H groups in total. The van der Waals surface area contributed by atoms with Gasteiger partial charge in [0.05, 0.1) is 6.54 Å². The van der Waals surface area contributed by atoms with Gasteiger partial charge in [0.25, 0.3) is 0 Å². The number of nitrogens with zero attached hydrogens (tertiary/aromatic N) is 3. The minimum Gasteiger partial charge on any atom is -0.444 e. The highest BCUT2D eigenvalue weighted by molar-refractivity contribution is 5.80. The fourth-order valence-electron chi connectivity index (χ4n) is 4.44. The molecular formula is C23H33N5O. The molecule has 2 fully saturated rings. The van der Waals surface area contributed by atoms with E-state index >= 15 is 0 Å². The van der Waals surface area contributed by atoms with Crippen LogP contribution in [0.15, 0.2) is 46.0 Å². The number of aromatic nitrogens is 1. The predicted molar refractivity (Wildman–Crippen MR) is 117 cm³/mol. The molecule has 29 heavy (non-hydrogen) atoms. The second-order valence-electron chi connectivity index (χ2n) is 8.10. The fraction of sp³-hybridized carbons (Fsp3) is 0.565. The Bertz CT molecular complexity index is 774. The Balaban J connectivity index is 1.31. The molecule has 1 aromatic carbocycles. The molecule has 2 aromatic rings. The van der Waals surface area contributed by atoms with Crippen molar-refractivity contribution in [1.82, 2.24) is 20.5 Å². The van der Waals surface area contributed by atoms with E-state index < -0.39 is 0 Å². The summed E-state index contributed by atoms with van der Waals surface area (Å²) >= 11 is 0. The molecule has 1 aliphatic carbocycles. The van der Waals surface area contributed by atoms with Gasteiger partial charge in [0.1, 0.15) is 12.0 Å². The number of guanidine groups is 1. The summed E-state index contributed by atoms with van der Waals surface area (Å²) in [4.78, 5) is 12.0. The molecule has 2 heterocycles. The van der Waals surface area contributed by atoms with Gasteiger partial charge in [-0.05, 0) is 44.7 Å². The summed E-state index contributed by atoms with van der Waals surface area (Å²) < 4.78 is 5.63. The highest BCUT2D eigenvalue weighted by Crippen LogP contribution is 2.26. The summed E-state index contributed by atoms with van der Waals surface area (Å²) in [6.45, 7) is 5.86. The van der Waals surface area contributed by atoms with Crippen molar-refractivity contribution in [2.75, 3.05) is 19.6 Å². The number of aliphatic imine (C=N–C) groups is 1. The summed E-state index contributed by atoms with van der Waals surface area (Å²) in [5, 5.41) is 7.00. The zero-order chi connectivity index (χ0) is 19.9. The maximum Gasteiger partial charge on any atom is 0.226 e. The summed E-state index contributed by atoms with van der Waals surface area (Å²) in [7, 11) is 0. The first kappa shape index (κ1) is 20.0. The monoisotopic (exact) mass is 395 g/mol. The van der Waals surface area contributed by atoms with Crippen LogP contribution >= 0.6 is 0 Å². The maximum absolute atomic E-state index is 5.63. The molecule has 156 valence electrons. The van der Waals surface area contributed by atoms with E-state index in [1.807, 2.05) is 30.3 Å². The van der Waals surface area contributed by atoms with Crippen LogP contribution in [0.1, 0.15) is 51.1 Å². The van der Waals surface area contributed by atoms with Crippen molar-refractivity contribution >= 4 is 5.96 Å². The van der Waals surface area contributed by atoms with Crippen LogP contribution in [0.4, 0.5) is 0 Å². The first-order chi connectivity index (χ1) is 14.3. The third-order valence-corrected chi connectivity index (χ3v) is 6.03. The van der Waals surface area contributed by atoms with Crippen LogP contribution in [-0.2, 0) is 6.54 Å². The number of benzene rings is 1. The molecule has 0 amide bonds. The number of hydrogen-bond acceptors (Lipinski definition) is 4. The summed E-state index contributed by atoms with van der Waals surface area (Å²) in [5.74, 6) is 1.52. The summed E-state index contributed by atoms with van der Waals surface area (Å²) in [5.41, 5.74) is 1.83. The van der Waals surface area contributed by atoms with E-state index in [0.29, 0.717) is 18.5 Å². The number of piperidine rings is 1. The molecule has 1 aliphatic heterocycles. The van der Waals surface area contributed by atoms with E-state index in [1.165, 1.54) is 51.6 Å². The highest BCUT2D eigenvalue weighted by Gasteiger charge is 2.27. The Hall–Kier alpha value is -2.34. The van der Waals surface area contributed by atoms with Crippen LogP contribution in [0.2, 0.25) is 0 Å². The Morgan fingerprint density at radius 3 is 2.62 bits per heavy atom. The molecule has 2 aliphatic rings. The van der Waals surface area contributed by atoms with Gasteiger partial charge in [-0.1, -0.05) is 31.0 Å². The molecule has 0 bridgehead atoms. The molecular weight excluding hydrogens is 362 g/mol. The third-order valence-electron chi connectivity index (χ3n) is 6.03. The largest absolute Gasteiger partial charge is 0.444 e. The number of oxazole rings is 1. The maximum atomic E-state index is 5.63. The van der Waals surface area contributed by atoms with Gasteiger partial charge in [0, 0.05) is 37.3 Å². The van der Waals surface area contributed by atoms with E-state index in [0.717, 1.165) is 29.8 Å². The standard InChI is InChI=1S/C23H33N5O/c1-2-24-23(27-19-12-14-28(15-13-19)21-10-6-7-11-21)25-16-20-17-29-22(26-20)18-8-4-3-5-9-18/h3-5,8-9,17,19,21H,2,6-7,10-16H2,1H3,(H2,24,25,27). The van der Waals surface area contributed by atoms with Crippen molar-refractivity contribution < 1.29 is 4.42 Å². The molecule has 4 rings (SSSR count). The van der Waals surface area contributed by atoms with Crippen molar-refractivity contribution in [1.29, 1.82) is 0 Å². The Kier molecular flexibility index (Phi) is 6.83. The lowest BCUT2D eigenvalue weighted by Gasteiger charge is -2.36. The van der Waals surface area contributed by atoms with Gasteiger partial charge < -0.3 is 20.0 Å². The molecule has 6 nitrogen and oxygen atoms in total. The van der Waals surface area contributed by atoms with Gasteiger partial charge in [-0.2, -0.15) is 0 Å². The molecule has 0 unspecified atom stereocenters. The quantitative estimate of drug-likeness (QED) is 0.575. The van der Waals surface area contributed by atoms with Gasteiger partial charge in [0.15, 0.2) is 5.96 Å². The molecule has 0 radical (unpaired) electrons. The molecule has 0 atom stereocenters. The van der Waals surface area contributed by atoms with Crippen molar-refractivity contribution in [3.63, 3.8) is 0 Å². The molecule has 1 saturated carbocycles. The Morgan fingerprint density at radius 1 is 1.14 bits per heavy atom. The van der Waals surface area contributed by atoms with Crippen molar-refractivity contribution in [2.45, 2.75) is 64.1 Å². The van der Waals surface area contributed by atoms with Gasteiger partial charge >= 0.3 is 0 Å². The van der Waals surface area contributed by atoms with Crippen molar-refractivity contribution in [3.05, 3.63) is 42.3 Å². The van der Waals surface area contributed by atoms with E-state index in [1.54, 1.807) is 6.26 Å². The van der Waals surface area contributed by atoms with Crippen LogP contribution < -0.4 is 10.6 Å². The average molecular weight is 396 g/mol. The number of hydrogen-bond donors (Lipinski definition) is 2. The Morgan fingerprint density at radius 2 is 1.90 bits per heavy atom. The van der Waals surface area contributed by atoms with Gasteiger partial charge in [-0.25, -0.2) is 9.98 Å². The number of nitrogens with one attached hydrogen (secondary N) is 2. The summed E-state index contributed by atoms with van der Waals surface area (Å²) in [6.07, 6.45) is 9.68. The zero-order valence-corrected chi connectivity index (χ0v) is 17.4. The Labute approximate surface area is 173 Å². The SMILES string of the molecule is CCNC(=NCc1coc(-c2ccccc2)n1)NC1CCN(C2CCCC2)CC1. The van der Waals surface area contributed by atoms with Crippen molar-refractivity contribution in [2.24, 2.45) is 4.99 Å². The van der Waals surface area contributed by atoms with E-state index in [2.05, 4.69) is 27.4 Å². The highest BCUT2D eigenvalue weighted by atomic mass is 16.3. The van der Waals surface area contributed by atoms with Gasteiger partial charge in [0.2, 0.25) is 5.89 Å². The fourth-order valence-corrected chi connectivity index (χ4v) is 4.44. The molecule has 1 saturated heterocycles. The second kappa shape index (κ2) is 9.92. The third kappa shape index (κ3) is 5.38. The van der Waals surface area contributed by atoms with E-state index in [-0.39, 0.29) is 0 Å². The van der Waals surface area contributed by atoms with E-state index in [9.17, 15) is 0 Å². The minimum atomic E-state index is 0.489. The molecule has 6 heteroatoms. The van der Waals surface area contributed by atoms with Gasteiger partial charge in [-0.15, -0.1) is 0 Å². The lowest BCUT2D eigenvalue weighted by atomic mass is 10.0. The second-order valence-corrected chi connectivity index (χ2v) is 8.10. The molecule has 0 spiro atoms. The van der Waals surface area contributed by atoms with Crippen LogP contribution in [0, 0.1) is 0 Å². The first-order valence-electron chi connectivity index (χ1n) is 11.1. The topological polar surface area (TPSA) is 65.7 Å². The minimum absolute atomic E-state index is 0.489. The van der Waals surface area contributed by atoms with Gasteiger partial charge in [-0.3, -0.25) is 0 Å². The van der Waals surface area contributed by atoms with Crippen LogP contribution in [0.25, 0.3) is 11.5 Å². The lowest BCUT2D eigenvalue weighted by molar-refractivity contribution is 0.150. The smallest absolute Gasteiger partial charge is 0.226 e. The zero-order valence-electron chi connectivity index (χ0n) is 17.4. The number of likely N-dealkylation sites (tertiary alicyclic amines) is 1. The number of rotatable bonds is 6. The lowest BCUT2D eigenvalue weighted by Crippen LogP contribution is -2.50. The molecule has 1 aromatic heterocycles. The average Bonchev–Trinajstić information content (AvgIpc) is 3.46. The van der Waals surface area contributed by atoms with E-state index in [4.69, 9.17) is 9.41 Å². The van der Waals surface area contributed by atoms with Crippen LogP contribution in [0.3, 0.4) is 0 Å². The first-order valence-corrected chi connectivity index (χ1v) is 11.1. The van der Waals surface area contributed by atoms with Crippen LogP contribution in [-0.4, -0.2) is 47.6 Å². The normalized spacial score (nSPS) is 19.6. The van der Waals surface area contributed by atoms with Crippen molar-refractivity contribution in [3.8, 4) is 11.5 Å².